The van der Waals surface area contributed by atoms with Crippen LogP contribution in [0.25, 0.3) is 0 Å². The fraction of sp³-hybridized carbons (Fsp3) is 0.629. The molecule has 2 rings (SSSR count). The predicted octanol–water partition coefficient (Wildman–Crippen LogP) is 9.11. The highest BCUT2D eigenvalue weighted by Crippen LogP contribution is 2.19. The van der Waals surface area contributed by atoms with Gasteiger partial charge in [-0.3, -0.25) is 4.79 Å². The monoisotopic (exact) mass is 538 g/mol. The van der Waals surface area contributed by atoms with Crippen LogP contribution in [0.4, 0.5) is 0 Å². The zero-order chi connectivity index (χ0) is 28.2. The fourth-order valence-corrected chi connectivity index (χ4v) is 5.34. The Kier molecular flexibility index (Phi) is 16.6. The number of carbonyl (C=O) groups excluding carboxylic acids is 1. The first-order valence-electron chi connectivity index (χ1n) is 15.7. The summed E-state index contributed by atoms with van der Waals surface area (Å²) in [5.41, 5.74) is 2.56. The van der Waals surface area contributed by atoms with Gasteiger partial charge < -0.3 is 14.0 Å². The van der Waals surface area contributed by atoms with Gasteiger partial charge in [0.1, 0.15) is 18.2 Å². The van der Waals surface area contributed by atoms with Crippen LogP contribution in [-0.4, -0.2) is 37.9 Å². The molecule has 1 unspecified atom stereocenters. The maximum atomic E-state index is 12.8. The number of esters is 1. The lowest BCUT2D eigenvalue weighted by molar-refractivity contribution is -0.906. The molecule has 218 valence electrons. The van der Waals surface area contributed by atoms with Gasteiger partial charge in [-0.05, 0) is 37.0 Å². The molecule has 0 bridgehead atoms. The molecule has 0 N–H and O–H groups in total. The van der Waals surface area contributed by atoms with Crippen LogP contribution in [0.15, 0.2) is 54.6 Å². The van der Waals surface area contributed by atoms with E-state index in [1.54, 1.807) is 0 Å². The lowest BCUT2D eigenvalue weighted by Crippen LogP contribution is -2.44. The summed E-state index contributed by atoms with van der Waals surface area (Å²) >= 11 is 0. The molecule has 0 radical (unpaired) electrons. The Morgan fingerprint density at radius 2 is 1.33 bits per heavy atom. The number of nitrogens with zero attached hydrogens (tertiary/aromatic N) is 1. The normalized spacial score (nSPS) is 12.3. The Morgan fingerprint density at radius 3 is 1.95 bits per heavy atom. The molecule has 0 aliphatic heterocycles. The Labute approximate surface area is 239 Å². The third-order valence-electron chi connectivity index (χ3n) is 7.64. The van der Waals surface area contributed by atoms with Crippen LogP contribution in [-0.2, 0) is 22.5 Å². The lowest BCUT2D eigenvalue weighted by Gasteiger charge is -2.32. The van der Waals surface area contributed by atoms with Crippen molar-refractivity contribution in [1.29, 1.82) is 0 Å². The van der Waals surface area contributed by atoms with Gasteiger partial charge >= 0.3 is 5.97 Å². The highest BCUT2D eigenvalue weighted by atomic mass is 16.7. The second-order valence-electron chi connectivity index (χ2n) is 11.9. The fourth-order valence-electron chi connectivity index (χ4n) is 5.34. The van der Waals surface area contributed by atoms with Gasteiger partial charge in [-0.2, -0.15) is 0 Å². The van der Waals surface area contributed by atoms with E-state index in [0.717, 1.165) is 36.2 Å². The quantitative estimate of drug-likeness (QED) is 0.0649. The minimum atomic E-state index is -0.176. The van der Waals surface area contributed by atoms with Gasteiger partial charge in [0.2, 0.25) is 6.79 Å². The van der Waals surface area contributed by atoms with Crippen LogP contribution in [0.3, 0.4) is 0 Å². The van der Waals surface area contributed by atoms with Gasteiger partial charge in [0.25, 0.3) is 0 Å². The maximum Gasteiger partial charge on any atom is 0.317 e. The van der Waals surface area contributed by atoms with Gasteiger partial charge in [-0.1, -0.05) is 127 Å². The van der Waals surface area contributed by atoms with Gasteiger partial charge in [-0.15, -0.1) is 0 Å². The first kappa shape index (κ1) is 32.9. The number of ether oxygens (including phenoxy) is 2. The molecular weight excluding hydrogens is 482 g/mol. The zero-order valence-corrected chi connectivity index (χ0v) is 25.5. The summed E-state index contributed by atoms with van der Waals surface area (Å²) in [6.45, 7) is 5.91. The van der Waals surface area contributed by atoms with Crippen molar-refractivity contribution in [3.63, 3.8) is 0 Å². The Morgan fingerprint density at radius 1 is 0.744 bits per heavy atom. The number of rotatable bonds is 22. The summed E-state index contributed by atoms with van der Waals surface area (Å²) in [5, 5.41) is 0. The minimum absolute atomic E-state index is 0.0382. The van der Waals surface area contributed by atoms with E-state index < -0.39 is 0 Å². The molecular formula is C35H56NO3+. The number of aryl methyl sites for hydroxylation is 1. The minimum Gasteiger partial charge on any atom is -0.457 e. The van der Waals surface area contributed by atoms with Crippen LogP contribution in [0, 0.1) is 5.92 Å². The molecule has 1 atom stereocenters. The van der Waals surface area contributed by atoms with E-state index in [9.17, 15) is 4.79 Å². The average molecular weight is 539 g/mol. The third-order valence-corrected chi connectivity index (χ3v) is 7.64. The van der Waals surface area contributed by atoms with Gasteiger partial charge in [0.05, 0.1) is 20.6 Å². The molecule has 0 saturated heterocycles. The summed E-state index contributed by atoms with van der Waals surface area (Å²) in [4.78, 5) is 12.8. The Hall–Kier alpha value is -2.33. The summed E-state index contributed by atoms with van der Waals surface area (Å²) < 4.78 is 12.1. The van der Waals surface area contributed by atoms with Crippen LogP contribution < -0.4 is 4.74 Å². The largest absolute Gasteiger partial charge is 0.457 e. The second kappa shape index (κ2) is 19.7. The molecule has 2 aromatic carbocycles. The van der Waals surface area contributed by atoms with E-state index in [-0.39, 0.29) is 18.7 Å². The molecule has 0 spiro atoms. The molecule has 0 fully saturated rings. The number of benzene rings is 2. The van der Waals surface area contributed by atoms with Crippen molar-refractivity contribution in [3.05, 3.63) is 65.7 Å². The number of carbonyl (C=O) groups is 1. The van der Waals surface area contributed by atoms with Gasteiger partial charge in [0, 0.05) is 5.56 Å². The number of hydrogen-bond donors (Lipinski definition) is 0. The zero-order valence-electron chi connectivity index (χ0n) is 25.5. The SMILES string of the molecule is CCCCCCCCCCCCCCc1cccc(OCOC(=O)C(CC)C[N+](C)(C)Cc2ccccc2)c1. The smallest absolute Gasteiger partial charge is 0.317 e. The Bertz CT molecular complexity index is 896. The summed E-state index contributed by atoms with van der Waals surface area (Å²) in [7, 11) is 4.34. The van der Waals surface area contributed by atoms with Crippen molar-refractivity contribution >= 4 is 5.97 Å². The van der Waals surface area contributed by atoms with Crippen molar-refractivity contribution in [1.82, 2.24) is 0 Å². The van der Waals surface area contributed by atoms with E-state index in [4.69, 9.17) is 9.47 Å². The Balaban J connectivity index is 1.61. The van der Waals surface area contributed by atoms with Crippen LogP contribution in [0.1, 0.15) is 108 Å². The molecule has 4 nitrogen and oxygen atoms in total. The van der Waals surface area contributed by atoms with Gasteiger partial charge in [-0.25, -0.2) is 0 Å². The molecule has 0 heterocycles. The van der Waals surface area contributed by atoms with E-state index >= 15 is 0 Å². The van der Waals surface area contributed by atoms with Crippen molar-refractivity contribution in [3.8, 4) is 5.75 Å². The van der Waals surface area contributed by atoms with E-state index in [1.165, 1.54) is 88.2 Å². The summed E-state index contributed by atoms with van der Waals surface area (Å²) in [6.07, 6.45) is 18.2. The molecule has 2 aromatic rings. The predicted molar refractivity (Wildman–Crippen MR) is 164 cm³/mol. The molecule has 0 aromatic heterocycles. The molecule has 0 aliphatic carbocycles. The van der Waals surface area contributed by atoms with Crippen molar-refractivity contribution in [2.45, 2.75) is 110 Å². The molecule has 39 heavy (non-hydrogen) atoms. The van der Waals surface area contributed by atoms with E-state index in [1.807, 2.05) is 25.1 Å². The standard InChI is InChI=1S/C35H56NO3/c1-5-7-8-9-10-11-12-13-14-15-16-18-22-31-25-21-26-34(27-31)38-30-39-35(37)33(6-2)29-36(3,4)28-32-23-19-17-20-24-32/h17,19-21,23-27,33H,5-16,18,22,28-30H2,1-4H3/q+1. The molecule has 0 amide bonds. The van der Waals surface area contributed by atoms with Crippen LogP contribution in [0.2, 0.25) is 0 Å². The number of unbranched alkanes of at least 4 members (excludes halogenated alkanes) is 11. The molecule has 0 aliphatic rings. The second-order valence-corrected chi connectivity index (χ2v) is 11.9. The lowest BCUT2D eigenvalue weighted by atomic mass is 10.0. The van der Waals surface area contributed by atoms with E-state index in [0.29, 0.717) is 0 Å². The van der Waals surface area contributed by atoms with Crippen molar-refractivity contribution in [2.75, 3.05) is 27.4 Å². The van der Waals surface area contributed by atoms with E-state index in [2.05, 4.69) is 57.4 Å². The first-order valence-corrected chi connectivity index (χ1v) is 15.7. The highest BCUT2D eigenvalue weighted by Gasteiger charge is 2.28. The molecule has 4 heteroatoms. The van der Waals surface area contributed by atoms with Gasteiger partial charge in [0.15, 0.2) is 0 Å². The van der Waals surface area contributed by atoms with Crippen molar-refractivity contribution < 1.29 is 18.8 Å². The van der Waals surface area contributed by atoms with Crippen LogP contribution in [0.5, 0.6) is 5.75 Å². The maximum absolute atomic E-state index is 12.8. The third kappa shape index (κ3) is 15.1. The summed E-state index contributed by atoms with van der Waals surface area (Å²) in [5.74, 6) is 0.446. The van der Waals surface area contributed by atoms with Crippen LogP contribution >= 0.6 is 0 Å². The summed E-state index contributed by atoms with van der Waals surface area (Å²) in [6, 6.07) is 18.7. The highest BCUT2D eigenvalue weighted by molar-refractivity contribution is 5.72. The average Bonchev–Trinajstić information content (AvgIpc) is 2.93. The number of hydrogen-bond acceptors (Lipinski definition) is 3. The molecule has 0 saturated carbocycles. The first-order chi connectivity index (χ1) is 18.9. The van der Waals surface area contributed by atoms with Crippen molar-refractivity contribution in [2.24, 2.45) is 5.92 Å². The topological polar surface area (TPSA) is 35.5 Å². The number of quaternary nitrogens is 1.